The number of hydrogen-bond donors (Lipinski definition) is 2. The molecular weight excluding hydrogens is 312 g/mol. The van der Waals surface area contributed by atoms with E-state index < -0.39 is 5.97 Å². The van der Waals surface area contributed by atoms with Gasteiger partial charge in [0.05, 0.1) is 17.0 Å². The summed E-state index contributed by atoms with van der Waals surface area (Å²) in [7, 11) is 0. The van der Waals surface area contributed by atoms with Crippen LogP contribution in [0.4, 0.5) is 5.69 Å². The number of nitrogens with zero attached hydrogens (tertiary/aromatic N) is 1. The van der Waals surface area contributed by atoms with Gasteiger partial charge >= 0.3 is 5.97 Å². The predicted molar refractivity (Wildman–Crippen MR) is 100 cm³/mol. The van der Waals surface area contributed by atoms with E-state index in [0.717, 1.165) is 16.8 Å². The number of hydrazone groups is 1. The summed E-state index contributed by atoms with van der Waals surface area (Å²) < 4.78 is 0. The second kappa shape index (κ2) is 7.45. The Balaban J connectivity index is 1.97. The van der Waals surface area contributed by atoms with Crippen LogP contribution >= 0.6 is 0 Å². The minimum absolute atomic E-state index is 0.219. The molecule has 0 radical (unpaired) electrons. The Bertz CT molecular complexity index is 901. The summed E-state index contributed by atoms with van der Waals surface area (Å²) in [6, 6.07) is 24.6. The van der Waals surface area contributed by atoms with E-state index in [0.29, 0.717) is 5.69 Å². The molecule has 0 spiro atoms. The molecule has 0 unspecified atom stereocenters. The van der Waals surface area contributed by atoms with Crippen molar-refractivity contribution in [3.63, 3.8) is 0 Å². The normalized spacial score (nSPS) is 11.2. The molecule has 0 aromatic heterocycles. The van der Waals surface area contributed by atoms with Crippen molar-refractivity contribution >= 4 is 17.4 Å². The summed E-state index contributed by atoms with van der Waals surface area (Å²) in [5.74, 6) is -0.963. The molecular formula is C21H18N2O2. The fraction of sp³-hybridized carbons (Fsp3) is 0.0476. The van der Waals surface area contributed by atoms with Gasteiger partial charge in [-0.1, -0.05) is 66.2 Å². The van der Waals surface area contributed by atoms with Crippen molar-refractivity contribution in [2.75, 3.05) is 5.43 Å². The molecule has 0 atom stereocenters. The number of anilines is 1. The van der Waals surface area contributed by atoms with Crippen LogP contribution in [0.3, 0.4) is 0 Å². The first-order valence-corrected chi connectivity index (χ1v) is 7.93. The molecule has 4 nitrogen and oxygen atoms in total. The summed E-state index contributed by atoms with van der Waals surface area (Å²) >= 11 is 0. The zero-order chi connectivity index (χ0) is 17.6. The van der Waals surface area contributed by atoms with Gasteiger partial charge in [0.2, 0.25) is 0 Å². The van der Waals surface area contributed by atoms with Gasteiger partial charge in [-0.05, 0) is 25.1 Å². The molecule has 0 aliphatic heterocycles. The predicted octanol–water partition coefficient (Wildman–Crippen LogP) is 4.56. The van der Waals surface area contributed by atoms with E-state index in [4.69, 9.17) is 5.11 Å². The van der Waals surface area contributed by atoms with E-state index in [1.54, 1.807) is 24.3 Å². The Morgan fingerprint density at radius 3 is 2.16 bits per heavy atom. The Kier molecular flexibility index (Phi) is 4.90. The van der Waals surface area contributed by atoms with Crippen LogP contribution in [-0.2, 0) is 0 Å². The highest BCUT2D eigenvalue weighted by Crippen LogP contribution is 2.15. The number of carbonyl (C=O) groups is 1. The number of aromatic carboxylic acids is 1. The molecule has 0 bridgehead atoms. The maximum atomic E-state index is 11.1. The molecule has 3 aromatic rings. The highest BCUT2D eigenvalue weighted by molar-refractivity contribution is 6.13. The fourth-order valence-electron chi connectivity index (χ4n) is 2.45. The lowest BCUT2D eigenvalue weighted by Gasteiger charge is -2.09. The highest BCUT2D eigenvalue weighted by atomic mass is 16.4. The van der Waals surface area contributed by atoms with E-state index in [-0.39, 0.29) is 5.56 Å². The van der Waals surface area contributed by atoms with E-state index in [9.17, 15) is 4.79 Å². The second-order valence-corrected chi connectivity index (χ2v) is 5.69. The summed E-state index contributed by atoms with van der Waals surface area (Å²) in [5, 5.41) is 13.6. The monoisotopic (exact) mass is 330 g/mol. The number of nitrogens with one attached hydrogen (secondary N) is 1. The zero-order valence-corrected chi connectivity index (χ0v) is 13.8. The van der Waals surface area contributed by atoms with E-state index in [1.807, 2.05) is 61.5 Å². The standard InChI is InChI=1S/C21H18N2O2/c1-15-10-12-17(13-11-15)20(16-6-3-2-4-7-16)23-22-19-9-5-8-18(14-19)21(24)25/h2-14,22H,1H3,(H,24,25). The van der Waals surface area contributed by atoms with Gasteiger partial charge in [-0.15, -0.1) is 0 Å². The van der Waals surface area contributed by atoms with Crippen molar-refractivity contribution in [3.8, 4) is 0 Å². The molecule has 3 rings (SSSR count). The van der Waals surface area contributed by atoms with Crippen LogP contribution in [0.1, 0.15) is 27.0 Å². The maximum Gasteiger partial charge on any atom is 0.335 e. The van der Waals surface area contributed by atoms with Crippen LogP contribution in [0.15, 0.2) is 84.0 Å². The van der Waals surface area contributed by atoms with Crippen LogP contribution in [0.25, 0.3) is 0 Å². The molecule has 25 heavy (non-hydrogen) atoms. The third kappa shape index (κ3) is 4.12. The van der Waals surface area contributed by atoms with Gasteiger partial charge in [0.25, 0.3) is 0 Å². The van der Waals surface area contributed by atoms with Crippen molar-refractivity contribution in [3.05, 3.63) is 101 Å². The molecule has 3 aromatic carbocycles. The average molecular weight is 330 g/mol. The third-order valence-corrected chi connectivity index (χ3v) is 3.78. The Morgan fingerprint density at radius 2 is 1.48 bits per heavy atom. The molecule has 0 heterocycles. The lowest BCUT2D eigenvalue weighted by Crippen LogP contribution is -2.07. The molecule has 0 aliphatic carbocycles. The first-order valence-electron chi connectivity index (χ1n) is 7.93. The molecule has 0 saturated heterocycles. The second-order valence-electron chi connectivity index (χ2n) is 5.69. The van der Waals surface area contributed by atoms with E-state index in [2.05, 4.69) is 10.5 Å². The number of rotatable bonds is 5. The fourth-order valence-corrected chi connectivity index (χ4v) is 2.45. The Morgan fingerprint density at radius 1 is 0.840 bits per heavy atom. The van der Waals surface area contributed by atoms with Crippen molar-refractivity contribution < 1.29 is 9.90 Å². The summed E-state index contributed by atoms with van der Waals surface area (Å²) in [6.45, 7) is 2.04. The van der Waals surface area contributed by atoms with Gasteiger partial charge in [-0.2, -0.15) is 5.10 Å². The van der Waals surface area contributed by atoms with Gasteiger partial charge in [0, 0.05) is 11.1 Å². The summed E-state index contributed by atoms with van der Waals surface area (Å²) in [6.07, 6.45) is 0. The van der Waals surface area contributed by atoms with E-state index >= 15 is 0 Å². The molecule has 0 saturated carbocycles. The Labute approximate surface area is 146 Å². The highest BCUT2D eigenvalue weighted by Gasteiger charge is 2.08. The lowest BCUT2D eigenvalue weighted by atomic mass is 10.0. The summed E-state index contributed by atoms with van der Waals surface area (Å²) in [5.41, 5.74) is 7.76. The largest absolute Gasteiger partial charge is 0.478 e. The maximum absolute atomic E-state index is 11.1. The van der Waals surface area contributed by atoms with Gasteiger partial charge in [-0.25, -0.2) is 4.79 Å². The van der Waals surface area contributed by atoms with Crippen LogP contribution in [-0.4, -0.2) is 16.8 Å². The van der Waals surface area contributed by atoms with Crippen LogP contribution < -0.4 is 5.43 Å². The van der Waals surface area contributed by atoms with Crippen molar-refractivity contribution in [1.82, 2.24) is 0 Å². The SMILES string of the molecule is Cc1ccc(C(=NNc2cccc(C(=O)O)c2)c2ccccc2)cc1. The lowest BCUT2D eigenvalue weighted by molar-refractivity contribution is 0.0697. The third-order valence-electron chi connectivity index (χ3n) is 3.78. The minimum atomic E-state index is -0.963. The summed E-state index contributed by atoms with van der Waals surface area (Å²) in [4.78, 5) is 11.1. The average Bonchev–Trinajstić information content (AvgIpc) is 2.64. The first kappa shape index (κ1) is 16.5. The van der Waals surface area contributed by atoms with E-state index in [1.165, 1.54) is 5.56 Å². The molecule has 124 valence electrons. The van der Waals surface area contributed by atoms with Crippen molar-refractivity contribution in [1.29, 1.82) is 0 Å². The van der Waals surface area contributed by atoms with Gasteiger partial charge in [0.15, 0.2) is 0 Å². The molecule has 0 aliphatic rings. The van der Waals surface area contributed by atoms with Gasteiger partial charge in [-0.3, -0.25) is 5.43 Å². The molecule has 0 fully saturated rings. The van der Waals surface area contributed by atoms with Crippen molar-refractivity contribution in [2.24, 2.45) is 5.10 Å². The number of aryl methyl sites for hydroxylation is 1. The molecule has 0 amide bonds. The van der Waals surface area contributed by atoms with Crippen LogP contribution in [0, 0.1) is 6.92 Å². The quantitative estimate of drug-likeness (QED) is 0.532. The molecule has 2 N–H and O–H groups in total. The van der Waals surface area contributed by atoms with Crippen LogP contribution in [0.5, 0.6) is 0 Å². The number of hydrogen-bond acceptors (Lipinski definition) is 3. The number of carboxylic acid groups (broad SMARTS) is 1. The Hall–Kier alpha value is -3.40. The molecule has 4 heteroatoms. The topological polar surface area (TPSA) is 61.7 Å². The number of benzene rings is 3. The minimum Gasteiger partial charge on any atom is -0.478 e. The first-order chi connectivity index (χ1) is 12.1. The van der Waals surface area contributed by atoms with Gasteiger partial charge < -0.3 is 5.11 Å². The van der Waals surface area contributed by atoms with Gasteiger partial charge in [0.1, 0.15) is 0 Å². The van der Waals surface area contributed by atoms with Crippen LogP contribution in [0.2, 0.25) is 0 Å². The smallest absolute Gasteiger partial charge is 0.335 e. The van der Waals surface area contributed by atoms with Crippen molar-refractivity contribution in [2.45, 2.75) is 6.92 Å². The number of carboxylic acids is 1. The zero-order valence-electron chi connectivity index (χ0n) is 13.8.